The third-order valence-electron chi connectivity index (χ3n) is 10.1. The van der Waals surface area contributed by atoms with Crippen LogP contribution in [0.4, 0.5) is 0 Å². The molecule has 0 amide bonds. The molecule has 34 heavy (non-hydrogen) atoms. The van der Waals surface area contributed by atoms with E-state index in [4.69, 9.17) is 0 Å². The first kappa shape index (κ1) is 22.3. The summed E-state index contributed by atoms with van der Waals surface area (Å²) in [5.74, 6) is 4.02. The van der Waals surface area contributed by atoms with Gasteiger partial charge in [-0.1, -0.05) is 73.5 Å². The standard InChI is InChI=1S/C32H38O2/c33-31-23(19-29-25(13-7-15-27(29)31)21-9-3-1-4-10-21)17-18-24-20-30-26(22-11-5-2-6-12-22)14-8-16-28(30)32(24)34/h1-6,9-12,23-30H,7-8,13-20H2. The fourth-order valence-electron chi connectivity index (χ4n) is 8.54. The third kappa shape index (κ3) is 3.97. The van der Waals surface area contributed by atoms with Gasteiger partial charge in [0.25, 0.3) is 0 Å². The molecule has 0 aromatic heterocycles. The fraction of sp³-hybridized carbons (Fsp3) is 0.562. The molecule has 6 rings (SSSR count). The van der Waals surface area contributed by atoms with Gasteiger partial charge in [0, 0.05) is 23.7 Å². The van der Waals surface area contributed by atoms with Gasteiger partial charge in [-0.3, -0.25) is 9.59 Å². The maximum absolute atomic E-state index is 13.4. The highest BCUT2D eigenvalue weighted by atomic mass is 16.1. The van der Waals surface area contributed by atoms with E-state index in [1.165, 1.54) is 36.8 Å². The van der Waals surface area contributed by atoms with Gasteiger partial charge in [0.05, 0.1) is 0 Å². The van der Waals surface area contributed by atoms with Gasteiger partial charge in [-0.05, 0) is 86.2 Å². The van der Waals surface area contributed by atoms with Crippen LogP contribution in [-0.4, -0.2) is 11.6 Å². The number of carbonyl (C=O) groups is 2. The molecular formula is C32H38O2. The molecule has 0 radical (unpaired) electrons. The van der Waals surface area contributed by atoms with Crippen LogP contribution in [0.15, 0.2) is 60.7 Å². The second-order valence-corrected chi connectivity index (χ2v) is 11.7. The van der Waals surface area contributed by atoms with Crippen molar-refractivity contribution in [3.8, 4) is 0 Å². The molecule has 0 heterocycles. The molecule has 4 fully saturated rings. The smallest absolute Gasteiger partial charge is 0.139 e. The summed E-state index contributed by atoms with van der Waals surface area (Å²) in [6.07, 6.45) is 10.9. The van der Waals surface area contributed by atoms with Crippen LogP contribution in [0.2, 0.25) is 0 Å². The molecule has 0 saturated heterocycles. The summed E-state index contributed by atoms with van der Waals surface area (Å²) >= 11 is 0. The Labute approximate surface area is 204 Å². The van der Waals surface area contributed by atoms with Gasteiger partial charge in [-0.2, -0.15) is 0 Å². The molecule has 4 aliphatic carbocycles. The zero-order valence-corrected chi connectivity index (χ0v) is 20.3. The highest BCUT2D eigenvalue weighted by Gasteiger charge is 2.49. The lowest BCUT2D eigenvalue weighted by Crippen LogP contribution is -2.26. The Kier molecular flexibility index (Phi) is 6.18. The molecule has 4 saturated carbocycles. The first-order chi connectivity index (χ1) is 16.7. The maximum Gasteiger partial charge on any atom is 0.139 e. The number of rotatable bonds is 5. The highest BCUT2D eigenvalue weighted by molar-refractivity contribution is 5.87. The van der Waals surface area contributed by atoms with Crippen LogP contribution in [0.25, 0.3) is 0 Å². The van der Waals surface area contributed by atoms with Gasteiger partial charge >= 0.3 is 0 Å². The average molecular weight is 455 g/mol. The van der Waals surface area contributed by atoms with Crippen molar-refractivity contribution in [2.24, 2.45) is 35.5 Å². The van der Waals surface area contributed by atoms with Crippen LogP contribution in [0, 0.1) is 35.5 Å². The van der Waals surface area contributed by atoms with Crippen LogP contribution in [0.1, 0.15) is 87.2 Å². The van der Waals surface area contributed by atoms with Gasteiger partial charge in [-0.25, -0.2) is 0 Å². The predicted octanol–water partition coefficient (Wildman–Crippen LogP) is 7.34. The minimum atomic E-state index is 0.180. The molecule has 8 atom stereocenters. The second-order valence-electron chi connectivity index (χ2n) is 11.7. The molecule has 0 N–H and O–H groups in total. The van der Waals surface area contributed by atoms with E-state index in [-0.39, 0.29) is 23.7 Å². The van der Waals surface area contributed by atoms with Gasteiger partial charge in [-0.15, -0.1) is 0 Å². The van der Waals surface area contributed by atoms with Crippen molar-refractivity contribution in [3.63, 3.8) is 0 Å². The average Bonchev–Trinajstić information content (AvgIpc) is 3.40. The molecule has 2 aromatic carbocycles. The zero-order chi connectivity index (χ0) is 23.1. The van der Waals surface area contributed by atoms with Crippen molar-refractivity contribution in [2.75, 3.05) is 0 Å². The number of hydrogen-bond donors (Lipinski definition) is 0. The molecule has 2 heteroatoms. The lowest BCUT2D eigenvalue weighted by molar-refractivity contribution is -0.127. The van der Waals surface area contributed by atoms with Gasteiger partial charge in [0.1, 0.15) is 11.6 Å². The van der Waals surface area contributed by atoms with Crippen LogP contribution >= 0.6 is 0 Å². The summed E-state index contributed by atoms with van der Waals surface area (Å²) < 4.78 is 0. The first-order valence-electron chi connectivity index (χ1n) is 13.9. The monoisotopic (exact) mass is 454 g/mol. The largest absolute Gasteiger partial charge is 0.299 e. The predicted molar refractivity (Wildman–Crippen MR) is 135 cm³/mol. The van der Waals surface area contributed by atoms with Crippen molar-refractivity contribution >= 4 is 11.6 Å². The SMILES string of the molecule is O=C1C(CCC2CC3C(CCCC3c3ccccc3)C2=O)CC2C1CCCC2c1ccccc1. The van der Waals surface area contributed by atoms with Gasteiger partial charge in [0.15, 0.2) is 0 Å². The van der Waals surface area contributed by atoms with E-state index in [9.17, 15) is 9.59 Å². The number of ketones is 2. The van der Waals surface area contributed by atoms with Crippen LogP contribution < -0.4 is 0 Å². The Bertz CT molecular complexity index is 928. The molecule has 0 spiro atoms. The molecule has 8 unspecified atom stereocenters. The van der Waals surface area contributed by atoms with Crippen molar-refractivity contribution in [1.82, 2.24) is 0 Å². The summed E-state index contributed by atoms with van der Waals surface area (Å²) in [7, 11) is 0. The zero-order valence-electron chi connectivity index (χ0n) is 20.3. The Hall–Kier alpha value is -2.22. The maximum atomic E-state index is 13.4. The van der Waals surface area contributed by atoms with E-state index < -0.39 is 0 Å². The van der Waals surface area contributed by atoms with Crippen molar-refractivity contribution < 1.29 is 9.59 Å². The van der Waals surface area contributed by atoms with Gasteiger partial charge < -0.3 is 0 Å². The molecule has 0 bridgehead atoms. The number of carbonyl (C=O) groups excluding carboxylic acids is 2. The van der Waals surface area contributed by atoms with E-state index >= 15 is 0 Å². The Balaban J connectivity index is 1.12. The molecule has 178 valence electrons. The minimum absolute atomic E-state index is 0.180. The fourth-order valence-corrected chi connectivity index (χ4v) is 8.54. The second kappa shape index (κ2) is 9.44. The number of Topliss-reactive ketones (excluding diaryl/α,β-unsaturated/α-hetero) is 2. The van der Waals surface area contributed by atoms with Crippen molar-refractivity contribution in [1.29, 1.82) is 0 Å². The van der Waals surface area contributed by atoms with Crippen LogP contribution in [0.3, 0.4) is 0 Å². The van der Waals surface area contributed by atoms with Crippen molar-refractivity contribution in [3.05, 3.63) is 71.8 Å². The Morgan fingerprint density at radius 1 is 0.529 bits per heavy atom. The van der Waals surface area contributed by atoms with E-state index in [0.717, 1.165) is 38.5 Å². The third-order valence-corrected chi connectivity index (χ3v) is 10.1. The molecular weight excluding hydrogens is 416 g/mol. The van der Waals surface area contributed by atoms with Crippen LogP contribution in [0.5, 0.6) is 0 Å². The number of benzene rings is 2. The molecule has 0 aliphatic heterocycles. The number of fused-ring (bicyclic) bond motifs is 2. The quantitative estimate of drug-likeness (QED) is 0.473. The topological polar surface area (TPSA) is 34.1 Å². The molecule has 2 aromatic rings. The summed E-state index contributed by atoms with van der Waals surface area (Å²) in [5.41, 5.74) is 2.85. The lowest BCUT2D eigenvalue weighted by Gasteiger charge is -2.33. The normalized spacial score (nSPS) is 37.4. The first-order valence-corrected chi connectivity index (χ1v) is 13.9. The van der Waals surface area contributed by atoms with E-state index in [1.54, 1.807) is 0 Å². The van der Waals surface area contributed by atoms with Crippen LogP contribution in [-0.2, 0) is 9.59 Å². The van der Waals surface area contributed by atoms with Gasteiger partial charge in [0.2, 0.25) is 0 Å². The molecule has 2 nitrogen and oxygen atoms in total. The highest BCUT2D eigenvalue weighted by Crippen LogP contribution is 2.53. The lowest BCUT2D eigenvalue weighted by atomic mass is 9.71. The van der Waals surface area contributed by atoms with Crippen molar-refractivity contribution in [2.45, 2.75) is 76.0 Å². The summed E-state index contributed by atoms with van der Waals surface area (Å²) in [6.45, 7) is 0. The Morgan fingerprint density at radius 3 is 1.32 bits per heavy atom. The molecule has 4 aliphatic rings. The van der Waals surface area contributed by atoms with E-state index in [1.807, 2.05) is 0 Å². The minimum Gasteiger partial charge on any atom is -0.299 e. The number of hydrogen-bond acceptors (Lipinski definition) is 2. The Morgan fingerprint density at radius 2 is 0.912 bits per heavy atom. The summed E-state index contributed by atoms with van der Waals surface area (Å²) in [4.78, 5) is 26.8. The van der Waals surface area contributed by atoms with E-state index in [0.29, 0.717) is 35.2 Å². The summed E-state index contributed by atoms with van der Waals surface area (Å²) in [6, 6.07) is 21.8. The summed E-state index contributed by atoms with van der Waals surface area (Å²) in [5, 5.41) is 0. The van der Waals surface area contributed by atoms with E-state index in [2.05, 4.69) is 60.7 Å².